The quantitative estimate of drug-likeness (QED) is 0.184. The van der Waals surface area contributed by atoms with Gasteiger partial charge < -0.3 is 4.74 Å². The van der Waals surface area contributed by atoms with Crippen LogP contribution in [-0.2, 0) is 27.8 Å². The Morgan fingerprint density at radius 3 is 2.57 bits per heavy atom. The number of hydrogen-bond donors (Lipinski definition) is 0. The molecular weight excluding hydrogens is 450 g/mol. The van der Waals surface area contributed by atoms with Crippen LogP contribution in [-0.4, -0.2) is 23.3 Å². The van der Waals surface area contributed by atoms with Gasteiger partial charge in [0.2, 0.25) is 0 Å². The van der Waals surface area contributed by atoms with Crippen molar-refractivity contribution in [2.45, 2.75) is 102 Å². The van der Waals surface area contributed by atoms with Gasteiger partial charge in [-0.05, 0) is 97.4 Å². The van der Waals surface area contributed by atoms with Crippen LogP contribution < -0.4 is 0 Å². The Balaban J connectivity index is 1.85. The van der Waals surface area contributed by atoms with Gasteiger partial charge in [0.15, 0.2) is 0 Å². The molecule has 0 atom stereocenters. The normalized spacial score (nSPS) is 14.1. The van der Waals surface area contributed by atoms with Crippen LogP contribution in [0, 0.1) is 11.8 Å². The third kappa shape index (κ3) is 7.37. The lowest BCUT2D eigenvalue weighted by molar-refractivity contribution is -0.143. The Bertz CT molecular complexity index is 1030. The highest BCUT2D eigenvalue weighted by Crippen LogP contribution is 2.47. The minimum atomic E-state index is -0.163. The number of aromatic nitrogens is 1. The van der Waals surface area contributed by atoms with Crippen molar-refractivity contribution in [3.05, 3.63) is 58.4 Å². The zero-order valence-corrected chi connectivity index (χ0v) is 22.9. The first-order valence-electron chi connectivity index (χ1n) is 13.5. The lowest BCUT2D eigenvalue weighted by Gasteiger charge is -2.38. The molecule has 0 saturated heterocycles. The molecule has 1 aromatic heterocycles. The summed E-state index contributed by atoms with van der Waals surface area (Å²) in [5, 5.41) is 0. The topological polar surface area (TPSA) is 39.2 Å². The van der Waals surface area contributed by atoms with E-state index in [1.807, 2.05) is 37.0 Å². The molecule has 4 heteroatoms. The number of nitrogens with zero attached hydrogens (tertiary/aromatic N) is 1. The summed E-state index contributed by atoms with van der Waals surface area (Å²) in [4.78, 5) is 17.6. The summed E-state index contributed by atoms with van der Waals surface area (Å²) in [6.07, 6.45) is 12.6. The second-order valence-electron chi connectivity index (χ2n) is 9.51. The van der Waals surface area contributed by atoms with Gasteiger partial charge in [-0.25, -0.2) is 4.98 Å². The number of fused-ring (bicyclic) bond motifs is 1. The molecule has 2 heterocycles. The predicted octanol–water partition coefficient (Wildman–Crippen LogP) is 7.65. The number of rotatable bonds is 11. The molecule has 0 spiro atoms. The first-order chi connectivity index (χ1) is 17.0. The van der Waals surface area contributed by atoms with E-state index in [4.69, 9.17) is 4.74 Å². The maximum absolute atomic E-state index is 11.6. The summed E-state index contributed by atoms with van der Waals surface area (Å²) in [5.41, 5.74) is 6.13. The van der Waals surface area contributed by atoms with Crippen LogP contribution in [0.25, 0.3) is 0 Å². The molecule has 3 rings (SSSR count). The number of esters is 1. The van der Waals surface area contributed by atoms with Crippen LogP contribution in [0.3, 0.4) is 0 Å². The van der Waals surface area contributed by atoms with Gasteiger partial charge in [0.05, 0.1) is 6.61 Å². The fraction of sp³-hybridized carbons (Fsp3) is 0.548. The van der Waals surface area contributed by atoms with Gasteiger partial charge in [0.25, 0.3) is 0 Å². The van der Waals surface area contributed by atoms with E-state index in [-0.39, 0.29) is 11.4 Å². The van der Waals surface area contributed by atoms with Crippen molar-refractivity contribution in [2.24, 2.45) is 0 Å². The third-order valence-corrected chi connectivity index (χ3v) is 8.40. The van der Waals surface area contributed by atoms with Crippen molar-refractivity contribution in [3.8, 4) is 11.8 Å². The van der Waals surface area contributed by atoms with Gasteiger partial charge in [-0.15, -0.1) is 11.8 Å². The smallest absolute Gasteiger partial charge is 0.306 e. The summed E-state index contributed by atoms with van der Waals surface area (Å²) in [6, 6.07) is 8.83. The van der Waals surface area contributed by atoms with Gasteiger partial charge in [-0.3, -0.25) is 4.79 Å². The molecule has 1 aliphatic heterocycles. The van der Waals surface area contributed by atoms with E-state index in [1.165, 1.54) is 72.3 Å². The number of carbonyl (C=O) groups is 1. The van der Waals surface area contributed by atoms with Gasteiger partial charge >= 0.3 is 5.97 Å². The van der Waals surface area contributed by atoms with Crippen LogP contribution in [0.15, 0.2) is 35.4 Å². The Morgan fingerprint density at radius 1 is 1.06 bits per heavy atom. The maximum atomic E-state index is 11.6. The third-order valence-electron chi connectivity index (χ3n) is 7.34. The molecule has 0 radical (unpaired) electrons. The highest BCUT2D eigenvalue weighted by Gasteiger charge is 2.34. The highest BCUT2D eigenvalue weighted by atomic mass is 32.2. The van der Waals surface area contributed by atoms with Gasteiger partial charge in [0, 0.05) is 23.1 Å². The minimum Gasteiger partial charge on any atom is -0.466 e. The number of ether oxygens (including phenoxy) is 1. The Kier molecular flexibility index (Phi) is 10.7. The second kappa shape index (κ2) is 13.7. The maximum Gasteiger partial charge on any atom is 0.306 e. The van der Waals surface area contributed by atoms with Crippen molar-refractivity contribution >= 4 is 17.7 Å². The number of thioether (sulfide) groups is 1. The standard InChI is InChI=1S/C31H41NO2S/c1-5-9-10-11-12-25-22-29-28(31(6-2,7-3)19-20-35-29)21-26(25)15-17-27-16-13-24(23-32-27)14-18-30(33)34-8-4/h13,16,21-23H,5-12,14,18-20H2,1-4H3. The van der Waals surface area contributed by atoms with E-state index in [0.29, 0.717) is 19.4 Å². The molecule has 0 fully saturated rings. The Morgan fingerprint density at radius 2 is 1.89 bits per heavy atom. The Labute approximate surface area is 216 Å². The van der Waals surface area contributed by atoms with Gasteiger partial charge in [-0.2, -0.15) is 0 Å². The highest BCUT2D eigenvalue weighted by molar-refractivity contribution is 7.99. The molecule has 0 saturated carbocycles. The zero-order chi connectivity index (χ0) is 25.1. The van der Waals surface area contributed by atoms with E-state index in [9.17, 15) is 4.79 Å². The molecule has 3 nitrogen and oxygen atoms in total. The number of hydrogen-bond acceptors (Lipinski definition) is 4. The largest absolute Gasteiger partial charge is 0.466 e. The molecule has 35 heavy (non-hydrogen) atoms. The van der Waals surface area contributed by atoms with Crippen LogP contribution >= 0.6 is 11.8 Å². The van der Waals surface area contributed by atoms with Crippen molar-refractivity contribution in [1.82, 2.24) is 4.98 Å². The van der Waals surface area contributed by atoms with E-state index in [2.05, 4.69) is 49.7 Å². The van der Waals surface area contributed by atoms with Crippen LogP contribution in [0.1, 0.15) is 107 Å². The fourth-order valence-corrected chi connectivity index (χ4v) is 6.32. The molecule has 1 aliphatic rings. The SMILES string of the molecule is CCCCCCc1cc2c(cc1C#Cc1ccc(CCC(=O)OCC)cn1)C(CC)(CC)CCS2. The molecule has 1 aromatic carbocycles. The van der Waals surface area contributed by atoms with Crippen molar-refractivity contribution < 1.29 is 9.53 Å². The Hall–Kier alpha value is -2.25. The summed E-state index contributed by atoms with van der Waals surface area (Å²) in [5.74, 6) is 7.87. The lowest BCUT2D eigenvalue weighted by atomic mass is 9.72. The van der Waals surface area contributed by atoms with E-state index in [1.54, 1.807) is 0 Å². The van der Waals surface area contributed by atoms with Crippen LogP contribution in [0.5, 0.6) is 0 Å². The van der Waals surface area contributed by atoms with Crippen LogP contribution in [0.4, 0.5) is 0 Å². The lowest BCUT2D eigenvalue weighted by Crippen LogP contribution is -2.29. The second-order valence-corrected chi connectivity index (χ2v) is 10.6. The van der Waals surface area contributed by atoms with Crippen molar-refractivity contribution in [1.29, 1.82) is 0 Å². The molecular formula is C31H41NO2S. The molecule has 0 amide bonds. The first kappa shape index (κ1) is 27.3. The monoisotopic (exact) mass is 491 g/mol. The average Bonchev–Trinajstić information content (AvgIpc) is 2.89. The number of unbranched alkanes of at least 4 members (excludes halogenated alkanes) is 3. The predicted molar refractivity (Wildman–Crippen MR) is 147 cm³/mol. The zero-order valence-electron chi connectivity index (χ0n) is 22.0. The summed E-state index contributed by atoms with van der Waals surface area (Å²) in [7, 11) is 0. The summed E-state index contributed by atoms with van der Waals surface area (Å²) < 4.78 is 5.01. The average molecular weight is 492 g/mol. The number of aryl methyl sites for hydroxylation is 2. The van der Waals surface area contributed by atoms with Crippen LogP contribution in [0.2, 0.25) is 0 Å². The fourth-order valence-electron chi connectivity index (χ4n) is 4.95. The van der Waals surface area contributed by atoms with Crippen molar-refractivity contribution in [2.75, 3.05) is 12.4 Å². The first-order valence-corrected chi connectivity index (χ1v) is 14.5. The molecule has 188 valence electrons. The molecule has 0 N–H and O–H groups in total. The number of benzene rings is 1. The molecule has 0 aliphatic carbocycles. The number of pyridine rings is 1. The molecule has 2 aromatic rings. The summed E-state index contributed by atoms with van der Waals surface area (Å²) >= 11 is 2.02. The van der Waals surface area contributed by atoms with Gasteiger partial charge in [-0.1, -0.05) is 52.0 Å². The molecule has 0 unspecified atom stereocenters. The van der Waals surface area contributed by atoms with E-state index >= 15 is 0 Å². The summed E-state index contributed by atoms with van der Waals surface area (Å²) in [6.45, 7) is 9.18. The molecule has 0 bridgehead atoms. The number of carbonyl (C=O) groups excluding carboxylic acids is 1. The van der Waals surface area contributed by atoms with Crippen molar-refractivity contribution in [3.63, 3.8) is 0 Å². The van der Waals surface area contributed by atoms with E-state index < -0.39 is 0 Å². The van der Waals surface area contributed by atoms with Gasteiger partial charge in [0.1, 0.15) is 5.69 Å². The van der Waals surface area contributed by atoms with E-state index in [0.717, 1.165) is 17.7 Å². The minimum absolute atomic E-state index is 0.163.